The van der Waals surface area contributed by atoms with Crippen LogP contribution >= 0.6 is 0 Å². The summed E-state index contributed by atoms with van der Waals surface area (Å²) in [6.07, 6.45) is 0. The Balaban J connectivity index is 1.41. The molecule has 1 fully saturated rings. The van der Waals surface area contributed by atoms with Gasteiger partial charge < -0.3 is 20.3 Å². The maximum Gasteiger partial charge on any atom is 0.229 e. The SMILES string of the molecule is Cc1cc(NCc2ccccc2)nc(Nc2ccc(N3CCOCC3)cc2)n1. The number of benzene rings is 2. The van der Waals surface area contributed by atoms with Crippen LogP contribution in [0.3, 0.4) is 0 Å². The molecule has 144 valence electrons. The first kappa shape index (κ1) is 18.3. The van der Waals surface area contributed by atoms with E-state index in [-0.39, 0.29) is 0 Å². The second kappa shape index (κ2) is 8.71. The van der Waals surface area contributed by atoms with Gasteiger partial charge in [0.2, 0.25) is 5.95 Å². The Hall–Kier alpha value is -3.12. The van der Waals surface area contributed by atoms with Crippen LogP contribution in [0.1, 0.15) is 11.3 Å². The molecular weight excluding hydrogens is 350 g/mol. The van der Waals surface area contributed by atoms with Gasteiger partial charge in [-0.25, -0.2) is 4.98 Å². The molecule has 1 aliphatic heterocycles. The molecule has 2 heterocycles. The lowest BCUT2D eigenvalue weighted by atomic mass is 10.2. The van der Waals surface area contributed by atoms with Crippen molar-refractivity contribution in [1.82, 2.24) is 9.97 Å². The fourth-order valence-electron chi connectivity index (χ4n) is 3.21. The molecule has 1 aromatic heterocycles. The van der Waals surface area contributed by atoms with E-state index in [1.54, 1.807) is 0 Å². The zero-order chi connectivity index (χ0) is 19.2. The highest BCUT2D eigenvalue weighted by Crippen LogP contribution is 2.21. The quantitative estimate of drug-likeness (QED) is 0.680. The number of ether oxygens (including phenoxy) is 1. The zero-order valence-electron chi connectivity index (χ0n) is 16.1. The Morgan fingerprint density at radius 2 is 1.71 bits per heavy atom. The van der Waals surface area contributed by atoms with E-state index in [4.69, 9.17) is 4.74 Å². The van der Waals surface area contributed by atoms with Crippen LogP contribution in [0.2, 0.25) is 0 Å². The Labute approximate surface area is 165 Å². The van der Waals surface area contributed by atoms with Crippen LogP contribution < -0.4 is 15.5 Å². The summed E-state index contributed by atoms with van der Waals surface area (Å²) in [5, 5.41) is 6.68. The first-order valence-corrected chi connectivity index (χ1v) is 9.59. The normalized spacial score (nSPS) is 14.0. The Morgan fingerprint density at radius 1 is 0.964 bits per heavy atom. The van der Waals surface area contributed by atoms with Crippen LogP contribution in [0.25, 0.3) is 0 Å². The third-order valence-corrected chi connectivity index (χ3v) is 4.67. The van der Waals surface area contributed by atoms with Gasteiger partial charge in [-0.3, -0.25) is 0 Å². The molecule has 4 rings (SSSR count). The number of nitrogens with zero attached hydrogens (tertiary/aromatic N) is 3. The highest BCUT2D eigenvalue weighted by molar-refractivity contribution is 5.60. The molecule has 1 saturated heterocycles. The summed E-state index contributed by atoms with van der Waals surface area (Å²) in [7, 11) is 0. The third kappa shape index (κ3) is 4.78. The van der Waals surface area contributed by atoms with E-state index < -0.39 is 0 Å². The van der Waals surface area contributed by atoms with Crippen molar-refractivity contribution in [3.63, 3.8) is 0 Å². The van der Waals surface area contributed by atoms with Crippen LogP contribution in [0.5, 0.6) is 0 Å². The summed E-state index contributed by atoms with van der Waals surface area (Å²) < 4.78 is 5.42. The van der Waals surface area contributed by atoms with E-state index in [0.717, 1.165) is 50.0 Å². The molecular formula is C22H25N5O. The molecule has 1 aliphatic rings. The summed E-state index contributed by atoms with van der Waals surface area (Å²) in [6.45, 7) is 6.15. The molecule has 2 aromatic carbocycles. The number of nitrogens with one attached hydrogen (secondary N) is 2. The predicted molar refractivity (Wildman–Crippen MR) is 113 cm³/mol. The molecule has 0 aliphatic carbocycles. The first-order valence-electron chi connectivity index (χ1n) is 9.59. The number of morpholine rings is 1. The summed E-state index contributed by atoms with van der Waals surface area (Å²) in [6, 6.07) is 20.6. The third-order valence-electron chi connectivity index (χ3n) is 4.67. The van der Waals surface area contributed by atoms with Gasteiger partial charge in [0.1, 0.15) is 5.82 Å². The number of anilines is 4. The number of hydrogen-bond donors (Lipinski definition) is 2. The van der Waals surface area contributed by atoms with Gasteiger partial charge in [0.15, 0.2) is 0 Å². The van der Waals surface area contributed by atoms with Crippen molar-refractivity contribution in [2.45, 2.75) is 13.5 Å². The minimum atomic E-state index is 0.592. The number of aromatic nitrogens is 2. The minimum Gasteiger partial charge on any atom is -0.378 e. The Morgan fingerprint density at radius 3 is 2.46 bits per heavy atom. The van der Waals surface area contributed by atoms with Crippen LogP contribution in [0.15, 0.2) is 60.7 Å². The summed E-state index contributed by atoms with van der Waals surface area (Å²) >= 11 is 0. The van der Waals surface area contributed by atoms with Crippen LogP contribution in [-0.2, 0) is 11.3 Å². The van der Waals surface area contributed by atoms with E-state index in [0.29, 0.717) is 5.95 Å². The fraction of sp³-hybridized carbons (Fsp3) is 0.273. The smallest absolute Gasteiger partial charge is 0.229 e. The second-order valence-corrected chi connectivity index (χ2v) is 6.83. The second-order valence-electron chi connectivity index (χ2n) is 6.83. The van der Waals surface area contributed by atoms with Crippen molar-refractivity contribution in [3.8, 4) is 0 Å². The molecule has 3 aromatic rings. The van der Waals surface area contributed by atoms with Gasteiger partial charge in [0.05, 0.1) is 13.2 Å². The van der Waals surface area contributed by atoms with E-state index in [2.05, 4.69) is 61.9 Å². The van der Waals surface area contributed by atoms with Gasteiger partial charge in [-0.15, -0.1) is 0 Å². The largest absolute Gasteiger partial charge is 0.378 e. The molecule has 0 saturated carbocycles. The van der Waals surface area contributed by atoms with E-state index in [9.17, 15) is 0 Å². The Kier molecular flexibility index (Phi) is 5.68. The molecule has 6 nitrogen and oxygen atoms in total. The van der Waals surface area contributed by atoms with Crippen molar-refractivity contribution >= 4 is 23.1 Å². The molecule has 0 atom stereocenters. The van der Waals surface area contributed by atoms with Gasteiger partial charge in [-0.2, -0.15) is 4.98 Å². The summed E-state index contributed by atoms with van der Waals surface area (Å²) in [5.74, 6) is 1.40. The lowest BCUT2D eigenvalue weighted by molar-refractivity contribution is 0.122. The Bertz CT molecular complexity index is 893. The van der Waals surface area contributed by atoms with Gasteiger partial charge >= 0.3 is 0 Å². The molecule has 0 unspecified atom stereocenters. The zero-order valence-corrected chi connectivity index (χ0v) is 16.1. The monoisotopic (exact) mass is 375 g/mol. The molecule has 6 heteroatoms. The molecule has 2 N–H and O–H groups in total. The van der Waals surface area contributed by atoms with E-state index in [1.807, 2.05) is 31.2 Å². The van der Waals surface area contributed by atoms with Crippen LogP contribution in [0.4, 0.5) is 23.1 Å². The van der Waals surface area contributed by atoms with Gasteiger partial charge in [0.25, 0.3) is 0 Å². The van der Waals surface area contributed by atoms with Gasteiger partial charge in [0, 0.05) is 42.8 Å². The van der Waals surface area contributed by atoms with Crippen molar-refractivity contribution in [2.24, 2.45) is 0 Å². The predicted octanol–water partition coefficient (Wildman–Crippen LogP) is 3.98. The van der Waals surface area contributed by atoms with Crippen molar-refractivity contribution in [1.29, 1.82) is 0 Å². The minimum absolute atomic E-state index is 0.592. The maximum absolute atomic E-state index is 5.42. The molecule has 0 radical (unpaired) electrons. The summed E-state index contributed by atoms with van der Waals surface area (Å²) in [4.78, 5) is 11.4. The highest BCUT2D eigenvalue weighted by Gasteiger charge is 2.11. The lowest BCUT2D eigenvalue weighted by Gasteiger charge is -2.28. The first-order chi connectivity index (χ1) is 13.8. The average molecular weight is 375 g/mol. The standard InChI is InChI=1S/C22H25N5O/c1-17-15-21(23-16-18-5-3-2-4-6-18)26-22(24-17)25-19-7-9-20(10-8-19)27-11-13-28-14-12-27/h2-10,15H,11-14,16H2,1H3,(H2,23,24,25,26). The molecule has 0 spiro atoms. The van der Waals surface area contributed by atoms with E-state index in [1.165, 1.54) is 11.3 Å². The maximum atomic E-state index is 5.42. The highest BCUT2D eigenvalue weighted by atomic mass is 16.5. The molecule has 0 amide bonds. The van der Waals surface area contributed by atoms with Crippen molar-refractivity contribution < 1.29 is 4.74 Å². The fourth-order valence-corrected chi connectivity index (χ4v) is 3.21. The number of hydrogen-bond acceptors (Lipinski definition) is 6. The number of rotatable bonds is 6. The lowest BCUT2D eigenvalue weighted by Crippen LogP contribution is -2.36. The van der Waals surface area contributed by atoms with Gasteiger partial charge in [-0.05, 0) is 36.8 Å². The average Bonchev–Trinajstić information content (AvgIpc) is 2.74. The summed E-state index contributed by atoms with van der Waals surface area (Å²) in [5.41, 5.74) is 4.31. The van der Waals surface area contributed by atoms with Gasteiger partial charge in [-0.1, -0.05) is 30.3 Å². The van der Waals surface area contributed by atoms with Crippen LogP contribution in [0, 0.1) is 6.92 Å². The van der Waals surface area contributed by atoms with E-state index >= 15 is 0 Å². The van der Waals surface area contributed by atoms with Crippen LogP contribution in [-0.4, -0.2) is 36.3 Å². The molecule has 0 bridgehead atoms. The van der Waals surface area contributed by atoms with Crippen molar-refractivity contribution in [2.75, 3.05) is 41.8 Å². The molecule has 28 heavy (non-hydrogen) atoms. The topological polar surface area (TPSA) is 62.3 Å². The number of aryl methyl sites for hydroxylation is 1. The van der Waals surface area contributed by atoms with Crippen molar-refractivity contribution in [3.05, 3.63) is 71.9 Å².